The number of aromatic nitrogens is 1. The van der Waals surface area contributed by atoms with Crippen LogP contribution in [-0.2, 0) is 6.54 Å². The number of pyridine rings is 1. The molecule has 0 aliphatic heterocycles. The molecule has 4 heteroatoms. The van der Waals surface area contributed by atoms with E-state index < -0.39 is 0 Å². The SMILES string of the molecule is Nc1cc(Cl)nc(NCc2ccccc2)c1. The Kier molecular flexibility index (Phi) is 3.27. The van der Waals surface area contributed by atoms with E-state index in [4.69, 9.17) is 17.3 Å². The fourth-order valence-corrected chi connectivity index (χ4v) is 1.61. The zero-order chi connectivity index (χ0) is 11.4. The van der Waals surface area contributed by atoms with E-state index in [9.17, 15) is 0 Å². The second-order valence-corrected chi connectivity index (χ2v) is 3.83. The van der Waals surface area contributed by atoms with Crippen LogP contribution in [-0.4, -0.2) is 4.98 Å². The number of nitrogens with two attached hydrogens (primary N) is 1. The van der Waals surface area contributed by atoms with Gasteiger partial charge in [0, 0.05) is 18.3 Å². The van der Waals surface area contributed by atoms with E-state index in [1.165, 1.54) is 5.56 Å². The van der Waals surface area contributed by atoms with E-state index in [1.54, 1.807) is 12.1 Å². The summed E-state index contributed by atoms with van der Waals surface area (Å²) in [4.78, 5) is 4.12. The molecule has 3 N–H and O–H groups in total. The summed E-state index contributed by atoms with van der Waals surface area (Å²) in [6.07, 6.45) is 0. The molecule has 0 unspecified atom stereocenters. The van der Waals surface area contributed by atoms with Gasteiger partial charge in [-0.3, -0.25) is 0 Å². The second kappa shape index (κ2) is 4.86. The minimum atomic E-state index is 0.399. The van der Waals surface area contributed by atoms with E-state index in [1.807, 2.05) is 30.3 Å². The lowest BCUT2D eigenvalue weighted by Crippen LogP contribution is -2.02. The van der Waals surface area contributed by atoms with Gasteiger partial charge in [-0.25, -0.2) is 4.98 Å². The lowest BCUT2D eigenvalue weighted by atomic mass is 10.2. The first kappa shape index (κ1) is 10.8. The Morgan fingerprint density at radius 3 is 2.62 bits per heavy atom. The van der Waals surface area contributed by atoms with E-state index in [2.05, 4.69) is 10.3 Å². The van der Waals surface area contributed by atoms with Crippen LogP contribution in [0.2, 0.25) is 5.15 Å². The van der Waals surface area contributed by atoms with E-state index >= 15 is 0 Å². The molecular weight excluding hydrogens is 222 g/mol. The standard InChI is InChI=1S/C12H12ClN3/c13-11-6-10(14)7-12(16-11)15-8-9-4-2-1-3-5-9/h1-7H,8H2,(H3,14,15,16). The molecule has 0 bridgehead atoms. The summed E-state index contributed by atoms with van der Waals surface area (Å²) >= 11 is 5.80. The zero-order valence-electron chi connectivity index (χ0n) is 8.65. The highest BCUT2D eigenvalue weighted by molar-refractivity contribution is 6.29. The third-order valence-corrected chi connectivity index (χ3v) is 2.33. The molecule has 0 radical (unpaired) electrons. The van der Waals surface area contributed by atoms with Gasteiger partial charge in [0.05, 0.1) is 0 Å². The van der Waals surface area contributed by atoms with Crippen molar-refractivity contribution in [2.75, 3.05) is 11.1 Å². The van der Waals surface area contributed by atoms with Crippen LogP contribution in [0.1, 0.15) is 5.56 Å². The Morgan fingerprint density at radius 2 is 1.94 bits per heavy atom. The van der Waals surface area contributed by atoms with Gasteiger partial charge in [0.1, 0.15) is 11.0 Å². The number of benzene rings is 1. The van der Waals surface area contributed by atoms with E-state index in [0.29, 0.717) is 23.2 Å². The molecule has 2 aromatic rings. The van der Waals surface area contributed by atoms with Gasteiger partial charge >= 0.3 is 0 Å². The van der Waals surface area contributed by atoms with Crippen molar-refractivity contribution in [1.29, 1.82) is 0 Å². The first-order valence-electron chi connectivity index (χ1n) is 4.95. The molecule has 0 fully saturated rings. The number of nitrogens with zero attached hydrogens (tertiary/aromatic N) is 1. The smallest absolute Gasteiger partial charge is 0.133 e. The van der Waals surface area contributed by atoms with E-state index in [-0.39, 0.29) is 0 Å². The predicted octanol–water partition coefficient (Wildman–Crippen LogP) is 2.93. The van der Waals surface area contributed by atoms with Crippen molar-refractivity contribution in [3.8, 4) is 0 Å². The van der Waals surface area contributed by atoms with Crippen LogP contribution >= 0.6 is 11.6 Å². The zero-order valence-corrected chi connectivity index (χ0v) is 9.41. The molecule has 0 atom stereocenters. The Morgan fingerprint density at radius 1 is 1.19 bits per heavy atom. The predicted molar refractivity (Wildman–Crippen MR) is 67.4 cm³/mol. The summed E-state index contributed by atoms with van der Waals surface area (Å²) < 4.78 is 0. The number of nitrogen functional groups attached to an aromatic ring is 1. The fraction of sp³-hybridized carbons (Fsp3) is 0.0833. The molecule has 1 aromatic carbocycles. The van der Waals surface area contributed by atoms with Crippen LogP contribution in [0.3, 0.4) is 0 Å². The highest BCUT2D eigenvalue weighted by atomic mass is 35.5. The van der Waals surface area contributed by atoms with Gasteiger partial charge in [-0.2, -0.15) is 0 Å². The highest BCUT2D eigenvalue weighted by Gasteiger charge is 1.98. The van der Waals surface area contributed by atoms with Crippen molar-refractivity contribution in [1.82, 2.24) is 4.98 Å². The normalized spacial score (nSPS) is 10.1. The largest absolute Gasteiger partial charge is 0.399 e. The van der Waals surface area contributed by atoms with Crippen LogP contribution in [0.4, 0.5) is 11.5 Å². The van der Waals surface area contributed by atoms with Gasteiger partial charge in [0.2, 0.25) is 0 Å². The molecule has 0 aliphatic carbocycles. The lowest BCUT2D eigenvalue weighted by Gasteiger charge is -2.06. The monoisotopic (exact) mass is 233 g/mol. The Hall–Kier alpha value is -1.74. The third-order valence-electron chi connectivity index (χ3n) is 2.13. The summed E-state index contributed by atoms with van der Waals surface area (Å²) in [6.45, 7) is 0.702. The van der Waals surface area contributed by atoms with Crippen molar-refractivity contribution < 1.29 is 0 Å². The average Bonchev–Trinajstić information content (AvgIpc) is 2.27. The summed E-state index contributed by atoms with van der Waals surface area (Å²) in [5.41, 5.74) is 7.45. The topological polar surface area (TPSA) is 50.9 Å². The lowest BCUT2D eigenvalue weighted by molar-refractivity contribution is 1.11. The maximum absolute atomic E-state index is 5.80. The fourth-order valence-electron chi connectivity index (χ4n) is 1.40. The van der Waals surface area contributed by atoms with Gasteiger partial charge in [-0.05, 0) is 11.6 Å². The molecule has 82 valence electrons. The van der Waals surface area contributed by atoms with Crippen LogP contribution in [0.5, 0.6) is 0 Å². The third kappa shape index (κ3) is 2.87. The maximum Gasteiger partial charge on any atom is 0.133 e. The van der Waals surface area contributed by atoms with Gasteiger partial charge in [0.15, 0.2) is 0 Å². The minimum absolute atomic E-state index is 0.399. The molecule has 0 saturated heterocycles. The number of hydrogen-bond acceptors (Lipinski definition) is 3. The number of anilines is 2. The highest BCUT2D eigenvalue weighted by Crippen LogP contribution is 2.16. The molecule has 1 aromatic heterocycles. The van der Waals surface area contributed by atoms with Crippen molar-refractivity contribution in [2.45, 2.75) is 6.54 Å². The van der Waals surface area contributed by atoms with Gasteiger partial charge in [-0.15, -0.1) is 0 Å². The Labute approximate surface area is 99.3 Å². The molecule has 0 saturated carbocycles. The van der Waals surface area contributed by atoms with Crippen LogP contribution < -0.4 is 11.1 Å². The Bertz CT molecular complexity index is 451. The number of rotatable bonds is 3. The summed E-state index contributed by atoms with van der Waals surface area (Å²) in [5.74, 6) is 0.689. The molecule has 0 aliphatic rings. The van der Waals surface area contributed by atoms with Gasteiger partial charge < -0.3 is 11.1 Å². The molecular formula is C12H12ClN3. The number of nitrogens with one attached hydrogen (secondary N) is 1. The van der Waals surface area contributed by atoms with Crippen molar-refractivity contribution in [3.05, 3.63) is 53.2 Å². The van der Waals surface area contributed by atoms with Crippen LogP contribution in [0.15, 0.2) is 42.5 Å². The van der Waals surface area contributed by atoms with E-state index in [0.717, 1.165) is 0 Å². The van der Waals surface area contributed by atoms with Gasteiger partial charge in [-0.1, -0.05) is 41.9 Å². The second-order valence-electron chi connectivity index (χ2n) is 3.45. The van der Waals surface area contributed by atoms with Crippen LogP contribution in [0, 0.1) is 0 Å². The number of halogens is 1. The van der Waals surface area contributed by atoms with Gasteiger partial charge in [0.25, 0.3) is 0 Å². The Balaban J connectivity index is 2.05. The van der Waals surface area contributed by atoms with Crippen LogP contribution in [0.25, 0.3) is 0 Å². The first-order valence-corrected chi connectivity index (χ1v) is 5.33. The molecule has 2 rings (SSSR count). The summed E-state index contributed by atoms with van der Waals surface area (Å²) in [5, 5.41) is 3.57. The van der Waals surface area contributed by atoms with Crippen molar-refractivity contribution in [2.24, 2.45) is 0 Å². The summed E-state index contributed by atoms with van der Waals surface area (Å²) in [6, 6.07) is 13.4. The quantitative estimate of drug-likeness (QED) is 0.802. The van der Waals surface area contributed by atoms with Crippen molar-refractivity contribution >= 4 is 23.1 Å². The molecule has 0 spiro atoms. The molecule has 0 amide bonds. The average molecular weight is 234 g/mol. The summed E-state index contributed by atoms with van der Waals surface area (Å²) in [7, 11) is 0. The first-order chi connectivity index (χ1) is 7.74. The van der Waals surface area contributed by atoms with Crippen molar-refractivity contribution in [3.63, 3.8) is 0 Å². The number of hydrogen-bond donors (Lipinski definition) is 2. The molecule has 3 nitrogen and oxygen atoms in total. The maximum atomic E-state index is 5.80. The molecule has 1 heterocycles. The molecule has 16 heavy (non-hydrogen) atoms. The minimum Gasteiger partial charge on any atom is -0.399 e.